The van der Waals surface area contributed by atoms with Crippen LogP contribution in [0.3, 0.4) is 0 Å². The van der Waals surface area contributed by atoms with E-state index in [1.54, 1.807) is 37.3 Å². The Morgan fingerprint density at radius 3 is 2.43 bits per heavy atom. The third-order valence-corrected chi connectivity index (χ3v) is 4.82. The van der Waals surface area contributed by atoms with Gasteiger partial charge in [-0.15, -0.1) is 0 Å². The first-order valence-electron chi connectivity index (χ1n) is 10.8. The van der Waals surface area contributed by atoms with Gasteiger partial charge in [0.05, 0.1) is 6.61 Å². The molecule has 178 valence electrons. The molecule has 0 saturated carbocycles. The molecule has 0 heterocycles. The Bertz CT molecular complexity index is 1280. The lowest BCUT2D eigenvalue weighted by Gasteiger charge is -2.13. The normalized spacial score (nSPS) is 10.7. The minimum absolute atomic E-state index is 0.0805. The van der Waals surface area contributed by atoms with E-state index in [-0.39, 0.29) is 12.2 Å². The van der Waals surface area contributed by atoms with Gasteiger partial charge in [-0.05, 0) is 73.5 Å². The highest BCUT2D eigenvalue weighted by atomic mass is 19.1. The smallest absolute Gasteiger partial charge is 0.266 e. The Morgan fingerprint density at radius 1 is 1.00 bits per heavy atom. The number of hydrogen-bond acceptors (Lipinski definition) is 5. The second-order valence-electron chi connectivity index (χ2n) is 7.42. The fourth-order valence-corrected chi connectivity index (χ4v) is 3.09. The van der Waals surface area contributed by atoms with E-state index in [9.17, 15) is 19.2 Å². The number of anilines is 2. The molecule has 2 N–H and O–H groups in total. The number of benzene rings is 3. The number of nitriles is 1. The van der Waals surface area contributed by atoms with Crippen LogP contribution >= 0.6 is 0 Å². The molecule has 2 amide bonds. The van der Waals surface area contributed by atoms with Crippen LogP contribution in [0.25, 0.3) is 6.08 Å². The Balaban J connectivity index is 1.71. The van der Waals surface area contributed by atoms with E-state index in [4.69, 9.17) is 9.47 Å². The third-order valence-electron chi connectivity index (χ3n) is 4.82. The maximum Gasteiger partial charge on any atom is 0.266 e. The molecule has 35 heavy (non-hydrogen) atoms. The first kappa shape index (κ1) is 25.0. The number of nitrogens with zero attached hydrogens (tertiary/aromatic N) is 1. The van der Waals surface area contributed by atoms with Crippen molar-refractivity contribution < 1.29 is 23.5 Å². The van der Waals surface area contributed by atoms with Crippen LogP contribution in [-0.2, 0) is 9.59 Å². The molecule has 7 nitrogen and oxygen atoms in total. The van der Waals surface area contributed by atoms with Crippen LogP contribution in [0.5, 0.6) is 11.5 Å². The molecule has 3 aromatic carbocycles. The van der Waals surface area contributed by atoms with Crippen molar-refractivity contribution in [2.45, 2.75) is 13.8 Å². The molecule has 0 aliphatic rings. The first-order valence-corrected chi connectivity index (χ1v) is 10.8. The Morgan fingerprint density at radius 2 is 1.74 bits per heavy atom. The molecule has 0 unspecified atom stereocenters. The Hall–Kier alpha value is -4.64. The molecule has 0 aliphatic heterocycles. The summed E-state index contributed by atoms with van der Waals surface area (Å²) in [5.41, 5.74) is 2.41. The molecular formula is C27H24FN3O4. The average Bonchev–Trinajstić information content (AvgIpc) is 2.85. The summed E-state index contributed by atoms with van der Waals surface area (Å²) >= 11 is 0. The quantitative estimate of drug-likeness (QED) is 0.333. The monoisotopic (exact) mass is 473 g/mol. The maximum atomic E-state index is 13.0. The lowest BCUT2D eigenvalue weighted by atomic mass is 10.1. The van der Waals surface area contributed by atoms with Gasteiger partial charge in [0, 0.05) is 11.4 Å². The van der Waals surface area contributed by atoms with Crippen LogP contribution in [-0.4, -0.2) is 25.0 Å². The van der Waals surface area contributed by atoms with Crippen LogP contribution in [0, 0.1) is 24.1 Å². The highest BCUT2D eigenvalue weighted by Gasteiger charge is 2.13. The van der Waals surface area contributed by atoms with Gasteiger partial charge in [-0.1, -0.05) is 24.3 Å². The van der Waals surface area contributed by atoms with E-state index in [2.05, 4.69) is 10.6 Å². The summed E-state index contributed by atoms with van der Waals surface area (Å²) in [6.07, 6.45) is 1.45. The molecular weight excluding hydrogens is 449 g/mol. The number of amides is 2. The number of rotatable bonds is 9. The van der Waals surface area contributed by atoms with Gasteiger partial charge in [-0.3, -0.25) is 9.59 Å². The molecule has 3 aromatic rings. The summed E-state index contributed by atoms with van der Waals surface area (Å²) in [4.78, 5) is 24.8. The van der Waals surface area contributed by atoms with Gasteiger partial charge in [0.2, 0.25) is 0 Å². The largest absolute Gasteiger partial charge is 0.490 e. The zero-order chi connectivity index (χ0) is 25.2. The number of para-hydroxylation sites is 1. The molecule has 0 aromatic heterocycles. The van der Waals surface area contributed by atoms with E-state index >= 15 is 0 Å². The van der Waals surface area contributed by atoms with Gasteiger partial charge >= 0.3 is 0 Å². The van der Waals surface area contributed by atoms with Crippen LogP contribution < -0.4 is 20.1 Å². The minimum Gasteiger partial charge on any atom is -0.490 e. The van der Waals surface area contributed by atoms with Gasteiger partial charge in [0.25, 0.3) is 11.8 Å². The second-order valence-corrected chi connectivity index (χ2v) is 7.42. The van der Waals surface area contributed by atoms with E-state index in [1.807, 2.05) is 25.1 Å². The summed E-state index contributed by atoms with van der Waals surface area (Å²) in [6, 6.07) is 19.4. The van der Waals surface area contributed by atoms with Crippen molar-refractivity contribution in [2.24, 2.45) is 0 Å². The van der Waals surface area contributed by atoms with Crippen molar-refractivity contribution in [3.8, 4) is 17.6 Å². The van der Waals surface area contributed by atoms with Gasteiger partial charge in [0.15, 0.2) is 18.1 Å². The third kappa shape index (κ3) is 7.17. The Kier molecular flexibility index (Phi) is 8.57. The fraction of sp³-hybridized carbons (Fsp3) is 0.148. The minimum atomic E-state index is -0.530. The van der Waals surface area contributed by atoms with Crippen molar-refractivity contribution >= 4 is 29.3 Å². The Labute approximate surface area is 202 Å². The summed E-state index contributed by atoms with van der Waals surface area (Å²) < 4.78 is 24.2. The first-order chi connectivity index (χ1) is 16.9. The average molecular weight is 474 g/mol. The fourth-order valence-electron chi connectivity index (χ4n) is 3.09. The molecule has 0 atom stereocenters. The van der Waals surface area contributed by atoms with Crippen LogP contribution in [0.2, 0.25) is 0 Å². The topological polar surface area (TPSA) is 100 Å². The predicted molar refractivity (Wildman–Crippen MR) is 132 cm³/mol. The number of halogens is 1. The molecule has 0 bridgehead atoms. The molecule has 0 radical (unpaired) electrons. The number of nitrogens with one attached hydrogen (secondary N) is 2. The standard InChI is InChI=1S/C27H24FN3O4/c1-3-34-25-15-19(14-20(16-29)27(33)31-23-7-5-4-6-18(23)2)8-13-24(25)35-17-26(32)30-22-11-9-21(28)10-12-22/h4-15H,3,17H2,1-2H3,(H,30,32)(H,31,33)/b20-14-. The van der Waals surface area contributed by atoms with Gasteiger partial charge in [0.1, 0.15) is 17.5 Å². The van der Waals surface area contributed by atoms with Crippen LogP contribution in [0.1, 0.15) is 18.1 Å². The van der Waals surface area contributed by atoms with E-state index in [1.165, 1.54) is 30.3 Å². The maximum absolute atomic E-state index is 13.0. The summed E-state index contributed by atoms with van der Waals surface area (Å²) in [7, 11) is 0. The highest BCUT2D eigenvalue weighted by molar-refractivity contribution is 6.10. The van der Waals surface area contributed by atoms with E-state index < -0.39 is 17.6 Å². The number of carbonyl (C=O) groups excluding carboxylic acids is 2. The van der Waals surface area contributed by atoms with Gasteiger partial charge < -0.3 is 20.1 Å². The van der Waals surface area contributed by atoms with Crippen LogP contribution in [0.15, 0.2) is 72.3 Å². The molecule has 3 rings (SSSR count). The molecule has 8 heteroatoms. The van der Waals surface area contributed by atoms with Crippen molar-refractivity contribution in [2.75, 3.05) is 23.8 Å². The van der Waals surface area contributed by atoms with E-state index in [0.29, 0.717) is 35.0 Å². The molecule has 0 spiro atoms. The summed E-state index contributed by atoms with van der Waals surface area (Å²) in [6.45, 7) is 3.70. The van der Waals surface area contributed by atoms with Gasteiger partial charge in [-0.25, -0.2) is 4.39 Å². The predicted octanol–water partition coefficient (Wildman–Crippen LogP) is 5.10. The van der Waals surface area contributed by atoms with Crippen molar-refractivity contribution in [1.29, 1.82) is 5.26 Å². The van der Waals surface area contributed by atoms with Crippen molar-refractivity contribution in [3.63, 3.8) is 0 Å². The highest BCUT2D eigenvalue weighted by Crippen LogP contribution is 2.29. The lowest BCUT2D eigenvalue weighted by molar-refractivity contribution is -0.118. The zero-order valence-electron chi connectivity index (χ0n) is 19.3. The van der Waals surface area contributed by atoms with Crippen molar-refractivity contribution in [1.82, 2.24) is 0 Å². The zero-order valence-corrected chi connectivity index (χ0v) is 19.3. The van der Waals surface area contributed by atoms with Gasteiger partial charge in [-0.2, -0.15) is 5.26 Å². The summed E-state index contributed by atoms with van der Waals surface area (Å²) in [5.74, 6) is -0.684. The number of hydrogen-bond donors (Lipinski definition) is 2. The SMILES string of the molecule is CCOc1cc(/C=C(/C#N)C(=O)Nc2ccccc2C)ccc1OCC(=O)Nc1ccc(F)cc1. The lowest BCUT2D eigenvalue weighted by Crippen LogP contribution is -2.20. The van der Waals surface area contributed by atoms with Crippen LogP contribution in [0.4, 0.5) is 15.8 Å². The second kappa shape index (κ2) is 12.0. The number of aryl methyl sites for hydroxylation is 1. The molecule has 0 saturated heterocycles. The van der Waals surface area contributed by atoms with E-state index in [0.717, 1.165) is 5.56 Å². The molecule has 0 aliphatic carbocycles. The molecule has 0 fully saturated rings. The van der Waals surface area contributed by atoms with Crippen molar-refractivity contribution in [3.05, 3.63) is 89.2 Å². The number of carbonyl (C=O) groups is 2. The number of ether oxygens (including phenoxy) is 2. The summed E-state index contributed by atoms with van der Waals surface area (Å²) in [5, 5.41) is 14.9.